The van der Waals surface area contributed by atoms with Crippen LogP contribution >= 0.6 is 0 Å². The average Bonchev–Trinajstić information content (AvgIpc) is 3.09. The van der Waals surface area contributed by atoms with Crippen molar-refractivity contribution >= 4 is 11.6 Å². The summed E-state index contributed by atoms with van der Waals surface area (Å²) in [6.45, 7) is 3.18. The maximum Gasteiger partial charge on any atom is 0.254 e. The van der Waals surface area contributed by atoms with Crippen LogP contribution in [0.3, 0.4) is 0 Å². The highest BCUT2D eigenvalue weighted by molar-refractivity contribution is 5.44. The Morgan fingerprint density at radius 3 is 3.00 bits per heavy atom. The summed E-state index contributed by atoms with van der Waals surface area (Å²) in [5.74, 6) is 2.62. The van der Waals surface area contributed by atoms with Gasteiger partial charge in [0.15, 0.2) is 0 Å². The van der Waals surface area contributed by atoms with E-state index in [1.54, 1.807) is 10.8 Å². The van der Waals surface area contributed by atoms with E-state index in [-0.39, 0.29) is 0 Å². The van der Waals surface area contributed by atoms with Gasteiger partial charge < -0.3 is 5.32 Å². The lowest BCUT2D eigenvalue weighted by atomic mass is 10.0. The van der Waals surface area contributed by atoms with E-state index in [0.29, 0.717) is 5.78 Å². The van der Waals surface area contributed by atoms with E-state index in [1.807, 2.05) is 0 Å². The van der Waals surface area contributed by atoms with E-state index in [1.165, 1.54) is 32.1 Å². The lowest BCUT2D eigenvalue weighted by Crippen LogP contribution is -2.11. The molecule has 2 aromatic rings. The van der Waals surface area contributed by atoms with Crippen LogP contribution in [0.15, 0.2) is 12.4 Å². The Balaban J connectivity index is 1.69. The Kier molecular flexibility index (Phi) is 4.14. The summed E-state index contributed by atoms with van der Waals surface area (Å²) in [6, 6.07) is 2.11. The summed E-state index contributed by atoms with van der Waals surface area (Å²) in [5, 5.41) is 7.77. The molecule has 1 aliphatic carbocycles. The van der Waals surface area contributed by atoms with Crippen molar-refractivity contribution in [3.8, 4) is 0 Å². The second-order valence-corrected chi connectivity index (χ2v) is 5.72. The van der Waals surface area contributed by atoms with Gasteiger partial charge in [-0.25, -0.2) is 4.98 Å². The Morgan fingerprint density at radius 1 is 1.35 bits per heavy atom. The van der Waals surface area contributed by atoms with Crippen LogP contribution in [0.2, 0.25) is 0 Å². The molecule has 0 aliphatic heterocycles. The molecule has 1 aliphatic rings. The minimum absolute atomic E-state index is 0.694. The molecular weight excluding hydrogens is 250 g/mol. The molecule has 1 fully saturated rings. The molecule has 108 valence electrons. The number of nitrogens with one attached hydrogen (secondary N) is 1. The molecule has 5 heteroatoms. The van der Waals surface area contributed by atoms with Crippen molar-refractivity contribution in [1.29, 1.82) is 0 Å². The Labute approximate surface area is 119 Å². The predicted octanol–water partition coefficient (Wildman–Crippen LogP) is 3.07. The van der Waals surface area contributed by atoms with Gasteiger partial charge in [-0.2, -0.15) is 14.6 Å². The van der Waals surface area contributed by atoms with E-state index in [4.69, 9.17) is 0 Å². The van der Waals surface area contributed by atoms with Gasteiger partial charge >= 0.3 is 0 Å². The first-order valence-corrected chi connectivity index (χ1v) is 7.80. The molecule has 0 amide bonds. The van der Waals surface area contributed by atoms with Gasteiger partial charge in [0.2, 0.25) is 0 Å². The number of hydrogen-bond acceptors (Lipinski definition) is 4. The van der Waals surface area contributed by atoms with Crippen LogP contribution < -0.4 is 5.32 Å². The zero-order valence-corrected chi connectivity index (χ0v) is 12.2. The van der Waals surface area contributed by atoms with Crippen molar-refractivity contribution in [2.45, 2.75) is 51.9 Å². The number of anilines is 1. The van der Waals surface area contributed by atoms with Crippen LogP contribution in [0.5, 0.6) is 0 Å². The highest BCUT2D eigenvalue weighted by Crippen LogP contribution is 2.27. The van der Waals surface area contributed by atoms with Crippen LogP contribution in [-0.4, -0.2) is 26.1 Å². The van der Waals surface area contributed by atoms with Crippen LogP contribution in [0.1, 0.15) is 51.1 Å². The van der Waals surface area contributed by atoms with Crippen LogP contribution in [0.25, 0.3) is 5.78 Å². The van der Waals surface area contributed by atoms with Gasteiger partial charge in [-0.05, 0) is 18.8 Å². The van der Waals surface area contributed by atoms with E-state index in [2.05, 4.69) is 33.4 Å². The first kappa shape index (κ1) is 13.3. The fourth-order valence-electron chi connectivity index (χ4n) is 3.07. The molecule has 0 spiro atoms. The topological polar surface area (TPSA) is 55.1 Å². The van der Waals surface area contributed by atoms with Crippen molar-refractivity contribution in [3.63, 3.8) is 0 Å². The molecule has 0 unspecified atom stereocenters. The smallest absolute Gasteiger partial charge is 0.254 e. The second kappa shape index (κ2) is 6.20. The van der Waals surface area contributed by atoms with Gasteiger partial charge in [0, 0.05) is 18.3 Å². The molecule has 0 saturated heterocycles. The lowest BCUT2D eigenvalue weighted by Gasteiger charge is -2.12. The fraction of sp³-hybridized carbons (Fsp3) is 0.667. The summed E-state index contributed by atoms with van der Waals surface area (Å²) in [6.07, 6.45) is 10.5. The number of hydrogen-bond donors (Lipinski definition) is 1. The number of aromatic nitrogens is 4. The molecule has 2 heterocycles. The van der Waals surface area contributed by atoms with Crippen molar-refractivity contribution in [2.24, 2.45) is 5.92 Å². The average molecular weight is 273 g/mol. The first-order chi connectivity index (χ1) is 9.86. The molecule has 5 nitrogen and oxygen atoms in total. The molecule has 3 rings (SSSR count). The van der Waals surface area contributed by atoms with Crippen LogP contribution in [0, 0.1) is 5.92 Å². The van der Waals surface area contributed by atoms with Gasteiger partial charge in [-0.15, -0.1) is 0 Å². The Hall–Kier alpha value is -1.65. The highest BCUT2D eigenvalue weighted by atomic mass is 15.3. The fourth-order valence-corrected chi connectivity index (χ4v) is 3.07. The third kappa shape index (κ3) is 2.92. The summed E-state index contributed by atoms with van der Waals surface area (Å²) in [7, 11) is 0. The van der Waals surface area contributed by atoms with Crippen LogP contribution in [0.4, 0.5) is 5.82 Å². The van der Waals surface area contributed by atoms with Gasteiger partial charge in [0.1, 0.15) is 12.1 Å². The zero-order chi connectivity index (χ0) is 13.8. The lowest BCUT2D eigenvalue weighted by molar-refractivity contribution is 0.518. The van der Waals surface area contributed by atoms with Crippen molar-refractivity contribution in [2.75, 3.05) is 11.9 Å². The van der Waals surface area contributed by atoms with Gasteiger partial charge in [-0.1, -0.05) is 39.0 Å². The molecule has 1 N–H and O–H groups in total. The molecule has 0 radical (unpaired) electrons. The predicted molar refractivity (Wildman–Crippen MR) is 79.8 cm³/mol. The van der Waals surface area contributed by atoms with Gasteiger partial charge in [0.05, 0.1) is 0 Å². The first-order valence-electron chi connectivity index (χ1n) is 7.80. The van der Waals surface area contributed by atoms with E-state index < -0.39 is 0 Å². The van der Waals surface area contributed by atoms with Gasteiger partial charge in [0.25, 0.3) is 5.78 Å². The third-order valence-electron chi connectivity index (χ3n) is 4.14. The van der Waals surface area contributed by atoms with E-state index >= 15 is 0 Å². The van der Waals surface area contributed by atoms with E-state index in [0.717, 1.165) is 36.8 Å². The highest BCUT2D eigenvalue weighted by Gasteiger charge is 2.14. The quantitative estimate of drug-likeness (QED) is 0.878. The second-order valence-electron chi connectivity index (χ2n) is 5.72. The Bertz CT molecular complexity index is 556. The Morgan fingerprint density at radius 2 is 2.20 bits per heavy atom. The largest absolute Gasteiger partial charge is 0.370 e. The monoisotopic (exact) mass is 273 g/mol. The standard InChI is InChI=1S/C15H23N5/c1-2-5-13-10-14(20-15(19-13)17-11-18-20)16-9-8-12-6-3-4-7-12/h10-12,16H,2-9H2,1H3. The maximum absolute atomic E-state index is 4.52. The summed E-state index contributed by atoms with van der Waals surface area (Å²) in [5.41, 5.74) is 1.09. The summed E-state index contributed by atoms with van der Waals surface area (Å²) >= 11 is 0. The third-order valence-corrected chi connectivity index (χ3v) is 4.14. The molecule has 20 heavy (non-hydrogen) atoms. The molecule has 0 bridgehead atoms. The minimum Gasteiger partial charge on any atom is -0.370 e. The molecule has 0 aromatic carbocycles. The zero-order valence-electron chi connectivity index (χ0n) is 12.2. The maximum atomic E-state index is 4.52. The number of fused-ring (bicyclic) bond motifs is 1. The molecule has 0 atom stereocenters. The normalized spacial score (nSPS) is 16.1. The number of rotatable bonds is 6. The van der Waals surface area contributed by atoms with Crippen molar-refractivity contribution < 1.29 is 0 Å². The summed E-state index contributed by atoms with van der Waals surface area (Å²) < 4.78 is 1.80. The summed E-state index contributed by atoms with van der Waals surface area (Å²) in [4.78, 5) is 8.73. The number of aryl methyl sites for hydroxylation is 1. The minimum atomic E-state index is 0.694. The van der Waals surface area contributed by atoms with Crippen LogP contribution in [-0.2, 0) is 6.42 Å². The molecule has 1 saturated carbocycles. The van der Waals surface area contributed by atoms with Gasteiger partial charge in [-0.3, -0.25) is 0 Å². The molecular formula is C15H23N5. The van der Waals surface area contributed by atoms with E-state index in [9.17, 15) is 0 Å². The van der Waals surface area contributed by atoms with Crippen molar-refractivity contribution in [3.05, 3.63) is 18.1 Å². The number of nitrogens with zero attached hydrogens (tertiary/aromatic N) is 4. The SMILES string of the molecule is CCCc1cc(NCCC2CCCC2)n2ncnc2n1. The molecule has 2 aromatic heterocycles. The van der Waals surface area contributed by atoms with Crippen molar-refractivity contribution in [1.82, 2.24) is 19.6 Å².